The molecule has 1 aromatic carbocycles. The minimum absolute atomic E-state index is 0.182. The molecule has 0 atom stereocenters. The van der Waals surface area contributed by atoms with Crippen LogP contribution < -0.4 is 5.32 Å². The second-order valence-corrected chi connectivity index (χ2v) is 8.84. The van der Waals surface area contributed by atoms with Crippen molar-refractivity contribution in [2.45, 2.75) is 11.8 Å². The number of hydrogen-bond donors (Lipinski definition) is 1. The first kappa shape index (κ1) is 20.2. The standard InChI is InChI=1S/C18H28N4O4S/c1-16(23)19-17-2-4-18(5-3-17)27(24,25)22-10-8-20(9-11-22)6-7-21-12-14-26-15-13-21/h2-5H,6-15H2,1H3,(H,19,23). The molecule has 9 heteroatoms. The Labute approximate surface area is 161 Å². The number of morpholine rings is 1. The van der Waals surface area contributed by atoms with Crippen LogP contribution in [-0.4, -0.2) is 94.0 Å². The van der Waals surface area contributed by atoms with Crippen LogP contribution in [0.1, 0.15) is 6.92 Å². The molecule has 0 unspecified atom stereocenters. The summed E-state index contributed by atoms with van der Waals surface area (Å²) in [5.41, 5.74) is 0.592. The fraction of sp³-hybridized carbons (Fsp3) is 0.611. The quantitative estimate of drug-likeness (QED) is 0.744. The second kappa shape index (κ2) is 9.11. The van der Waals surface area contributed by atoms with Crippen LogP contribution >= 0.6 is 0 Å². The monoisotopic (exact) mass is 396 g/mol. The van der Waals surface area contributed by atoms with Gasteiger partial charge in [-0.05, 0) is 24.3 Å². The van der Waals surface area contributed by atoms with E-state index in [1.54, 1.807) is 28.6 Å². The van der Waals surface area contributed by atoms with Crippen molar-refractivity contribution in [1.82, 2.24) is 14.1 Å². The van der Waals surface area contributed by atoms with Gasteiger partial charge in [-0.1, -0.05) is 0 Å². The summed E-state index contributed by atoms with van der Waals surface area (Å²) < 4.78 is 32.6. The predicted octanol–water partition coefficient (Wildman–Crippen LogP) is 0.284. The first-order valence-electron chi connectivity index (χ1n) is 9.35. The number of ether oxygens (including phenoxy) is 1. The van der Waals surface area contributed by atoms with Gasteiger partial charge in [0.1, 0.15) is 0 Å². The van der Waals surface area contributed by atoms with E-state index in [0.29, 0.717) is 18.8 Å². The first-order valence-corrected chi connectivity index (χ1v) is 10.8. The Morgan fingerprint density at radius 3 is 2.07 bits per heavy atom. The molecule has 8 nitrogen and oxygen atoms in total. The van der Waals surface area contributed by atoms with E-state index in [9.17, 15) is 13.2 Å². The van der Waals surface area contributed by atoms with Crippen molar-refractivity contribution in [1.29, 1.82) is 0 Å². The van der Waals surface area contributed by atoms with Crippen LogP contribution in [-0.2, 0) is 19.6 Å². The maximum atomic E-state index is 12.8. The zero-order chi connectivity index (χ0) is 19.3. The van der Waals surface area contributed by atoms with Crippen molar-refractivity contribution in [3.05, 3.63) is 24.3 Å². The van der Waals surface area contributed by atoms with E-state index in [1.807, 2.05) is 0 Å². The van der Waals surface area contributed by atoms with Crippen LogP contribution in [0, 0.1) is 0 Å². The fourth-order valence-corrected chi connectivity index (χ4v) is 4.79. The van der Waals surface area contributed by atoms with Crippen molar-refractivity contribution in [3.8, 4) is 0 Å². The predicted molar refractivity (Wildman–Crippen MR) is 103 cm³/mol. The number of nitrogens with zero attached hydrogens (tertiary/aromatic N) is 3. The number of benzene rings is 1. The Balaban J connectivity index is 1.50. The molecule has 2 saturated heterocycles. The van der Waals surface area contributed by atoms with Crippen LogP contribution in [0.4, 0.5) is 5.69 Å². The summed E-state index contributed by atoms with van der Waals surface area (Å²) in [6.45, 7) is 9.41. The molecule has 1 aromatic rings. The smallest absolute Gasteiger partial charge is 0.243 e. The van der Waals surface area contributed by atoms with Crippen LogP contribution in [0.3, 0.4) is 0 Å². The van der Waals surface area contributed by atoms with Gasteiger partial charge in [0.15, 0.2) is 0 Å². The van der Waals surface area contributed by atoms with Crippen LogP contribution in [0.2, 0.25) is 0 Å². The van der Waals surface area contributed by atoms with Crippen molar-refractivity contribution in [2.24, 2.45) is 0 Å². The molecule has 1 N–H and O–H groups in total. The van der Waals surface area contributed by atoms with E-state index in [0.717, 1.165) is 52.5 Å². The molecule has 2 heterocycles. The zero-order valence-corrected chi connectivity index (χ0v) is 16.6. The average molecular weight is 397 g/mol. The van der Waals surface area contributed by atoms with Gasteiger partial charge in [0.25, 0.3) is 0 Å². The molecular weight excluding hydrogens is 368 g/mol. The van der Waals surface area contributed by atoms with Gasteiger partial charge in [0, 0.05) is 65.0 Å². The number of anilines is 1. The van der Waals surface area contributed by atoms with Gasteiger partial charge in [-0.25, -0.2) is 8.42 Å². The third kappa shape index (κ3) is 5.49. The summed E-state index contributed by atoms with van der Waals surface area (Å²) in [5.74, 6) is -0.182. The number of piperazine rings is 1. The Morgan fingerprint density at radius 1 is 0.963 bits per heavy atom. The van der Waals surface area contributed by atoms with E-state index >= 15 is 0 Å². The summed E-state index contributed by atoms with van der Waals surface area (Å²) in [6.07, 6.45) is 0. The lowest BCUT2D eigenvalue weighted by atomic mass is 10.3. The van der Waals surface area contributed by atoms with Gasteiger partial charge in [0.2, 0.25) is 15.9 Å². The molecule has 2 fully saturated rings. The van der Waals surface area contributed by atoms with Crippen LogP contribution in [0.25, 0.3) is 0 Å². The lowest BCUT2D eigenvalue weighted by Crippen LogP contribution is -2.50. The minimum atomic E-state index is -3.50. The summed E-state index contributed by atoms with van der Waals surface area (Å²) in [6, 6.07) is 6.33. The van der Waals surface area contributed by atoms with Gasteiger partial charge in [0.05, 0.1) is 18.1 Å². The van der Waals surface area contributed by atoms with Gasteiger partial charge in [-0.3, -0.25) is 14.6 Å². The average Bonchev–Trinajstić information content (AvgIpc) is 2.67. The van der Waals surface area contributed by atoms with E-state index in [4.69, 9.17) is 4.74 Å². The SMILES string of the molecule is CC(=O)Nc1ccc(S(=O)(=O)N2CCN(CCN3CCOCC3)CC2)cc1. The summed E-state index contributed by atoms with van der Waals surface area (Å²) in [5, 5.41) is 2.64. The third-order valence-electron chi connectivity index (χ3n) is 4.98. The van der Waals surface area contributed by atoms with Gasteiger partial charge < -0.3 is 10.1 Å². The zero-order valence-electron chi connectivity index (χ0n) is 15.8. The Hall–Kier alpha value is -1.52. The van der Waals surface area contributed by atoms with Crippen molar-refractivity contribution in [3.63, 3.8) is 0 Å². The largest absolute Gasteiger partial charge is 0.379 e. The van der Waals surface area contributed by atoms with Gasteiger partial charge >= 0.3 is 0 Å². The maximum absolute atomic E-state index is 12.8. The highest BCUT2D eigenvalue weighted by Gasteiger charge is 2.28. The molecular formula is C18H28N4O4S. The first-order chi connectivity index (χ1) is 12.9. The Kier molecular flexibility index (Phi) is 6.83. The number of rotatable bonds is 6. The summed E-state index contributed by atoms with van der Waals surface area (Å²) in [4.78, 5) is 16.1. The molecule has 150 valence electrons. The van der Waals surface area contributed by atoms with Crippen molar-refractivity contribution in [2.75, 3.05) is 70.9 Å². The third-order valence-corrected chi connectivity index (χ3v) is 6.89. The molecule has 27 heavy (non-hydrogen) atoms. The Morgan fingerprint density at radius 2 is 1.52 bits per heavy atom. The molecule has 1 amide bonds. The number of carbonyl (C=O) groups excluding carboxylic acids is 1. The number of hydrogen-bond acceptors (Lipinski definition) is 6. The van der Waals surface area contributed by atoms with Crippen molar-refractivity contribution < 1.29 is 17.9 Å². The molecule has 0 radical (unpaired) electrons. The van der Waals surface area contributed by atoms with E-state index in [2.05, 4.69) is 15.1 Å². The molecule has 0 spiro atoms. The maximum Gasteiger partial charge on any atom is 0.243 e. The van der Waals surface area contributed by atoms with E-state index in [1.165, 1.54) is 6.92 Å². The summed E-state index contributed by atoms with van der Waals surface area (Å²) >= 11 is 0. The molecule has 2 aliphatic rings. The number of sulfonamides is 1. The molecule has 0 aromatic heterocycles. The molecule has 0 saturated carbocycles. The molecule has 0 bridgehead atoms. The Bertz CT molecular complexity index is 724. The highest BCUT2D eigenvalue weighted by molar-refractivity contribution is 7.89. The molecule has 0 aliphatic carbocycles. The van der Waals surface area contributed by atoms with Gasteiger partial charge in [-0.2, -0.15) is 4.31 Å². The highest BCUT2D eigenvalue weighted by atomic mass is 32.2. The highest BCUT2D eigenvalue weighted by Crippen LogP contribution is 2.20. The van der Waals surface area contributed by atoms with Crippen LogP contribution in [0.5, 0.6) is 0 Å². The lowest BCUT2D eigenvalue weighted by Gasteiger charge is -2.35. The number of carbonyl (C=O) groups is 1. The molecule has 2 aliphatic heterocycles. The second-order valence-electron chi connectivity index (χ2n) is 6.91. The summed E-state index contributed by atoms with van der Waals surface area (Å²) in [7, 11) is -3.50. The number of nitrogens with one attached hydrogen (secondary N) is 1. The lowest BCUT2D eigenvalue weighted by molar-refractivity contribution is -0.114. The van der Waals surface area contributed by atoms with Crippen molar-refractivity contribution >= 4 is 21.6 Å². The fourth-order valence-electron chi connectivity index (χ4n) is 3.36. The van der Waals surface area contributed by atoms with E-state index < -0.39 is 10.0 Å². The molecule has 3 rings (SSSR count). The minimum Gasteiger partial charge on any atom is -0.379 e. The van der Waals surface area contributed by atoms with E-state index in [-0.39, 0.29) is 10.8 Å². The number of amides is 1. The van der Waals surface area contributed by atoms with Gasteiger partial charge in [-0.15, -0.1) is 0 Å². The van der Waals surface area contributed by atoms with Crippen LogP contribution in [0.15, 0.2) is 29.2 Å². The normalized spacial score (nSPS) is 20.5. The topological polar surface area (TPSA) is 82.2 Å².